The van der Waals surface area contributed by atoms with E-state index < -0.39 is 0 Å². The van der Waals surface area contributed by atoms with E-state index in [1.165, 1.54) is 0 Å². The molecule has 21 heavy (non-hydrogen) atoms. The molecule has 3 aromatic rings. The smallest absolute Gasteiger partial charge is 0.178 e. The van der Waals surface area contributed by atoms with Crippen molar-refractivity contribution in [3.05, 3.63) is 57.5 Å². The van der Waals surface area contributed by atoms with Crippen molar-refractivity contribution in [2.75, 3.05) is 5.73 Å². The van der Waals surface area contributed by atoms with Crippen molar-refractivity contribution in [1.82, 2.24) is 5.16 Å². The van der Waals surface area contributed by atoms with Gasteiger partial charge in [0, 0.05) is 15.6 Å². The predicted molar refractivity (Wildman–Crippen MR) is 86.8 cm³/mol. The van der Waals surface area contributed by atoms with Gasteiger partial charge in [-0.1, -0.05) is 52.1 Å². The Morgan fingerprint density at radius 1 is 0.952 bits per heavy atom. The Kier molecular flexibility index (Phi) is 3.81. The van der Waals surface area contributed by atoms with E-state index in [0.717, 1.165) is 5.56 Å². The monoisotopic (exact) mass is 338 g/mol. The van der Waals surface area contributed by atoms with Crippen LogP contribution in [-0.4, -0.2) is 5.16 Å². The lowest BCUT2D eigenvalue weighted by molar-refractivity contribution is 0.436. The van der Waals surface area contributed by atoms with Crippen LogP contribution in [0.3, 0.4) is 0 Å². The third-order valence-electron chi connectivity index (χ3n) is 3.01. The predicted octanol–water partition coefficient (Wildman–Crippen LogP) is 5.55. The Morgan fingerprint density at radius 3 is 2.43 bits per heavy atom. The molecular weight excluding hydrogens is 331 g/mol. The van der Waals surface area contributed by atoms with Crippen LogP contribution in [0.2, 0.25) is 15.1 Å². The van der Waals surface area contributed by atoms with Crippen molar-refractivity contribution >= 4 is 40.6 Å². The minimum atomic E-state index is 0.276. The number of anilines is 1. The first-order valence-electron chi connectivity index (χ1n) is 6.03. The molecule has 3 rings (SSSR count). The van der Waals surface area contributed by atoms with E-state index >= 15 is 0 Å². The molecule has 0 saturated carbocycles. The van der Waals surface area contributed by atoms with Gasteiger partial charge in [0.25, 0.3) is 0 Å². The highest BCUT2D eigenvalue weighted by Gasteiger charge is 2.20. The lowest BCUT2D eigenvalue weighted by Gasteiger charge is -2.05. The van der Waals surface area contributed by atoms with Crippen LogP contribution in [0.5, 0.6) is 0 Å². The summed E-state index contributed by atoms with van der Waals surface area (Å²) in [6.45, 7) is 0. The van der Waals surface area contributed by atoms with E-state index in [2.05, 4.69) is 5.16 Å². The molecular formula is C15H9Cl3N2O. The summed E-state index contributed by atoms with van der Waals surface area (Å²) < 4.78 is 5.35. The van der Waals surface area contributed by atoms with E-state index in [4.69, 9.17) is 45.1 Å². The molecule has 0 spiro atoms. The number of benzene rings is 2. The second-order valence-electron chi connectivity index (χ2n) is 4.41. The molecule has 2 N–H and O–H groups in total. The van der Waals surface area contributed by atoms with Crippen LogP contribution < -0.4 is 5.73 Å². The zero-order valence-corrected chi connectivity index (χ0v) is 12.9. The molecule has 6 heteroatoms. The van der Waals surface area contributed by atoms with Gasteiger partial charge in [0.2, 0.25) is 0 Å². The summed E-state index contributed by atoms with van der Waals surface area (Å²) in [6.07, 6.45) is 0. The lowest BCUT2D eigenvalue weighted by atomic mass is 10.0. The Labute approximate surface area is 136 Å². The van der Waals surface area contributed by atoms with E-state index in [1.807, 2.05) is 12.1 Å². The van der Waals surface area contributed by atoms with Crippen molar-refractivity contribution in [2.24, 2.45) is 0 Å². The fraction of sp³-hybridized carbons (Fsp3) is 0. The van der Waals surface area contributed by atoms with E-state index in [9.17, 15) is 0 Å². The number of hydrogen-bond acceptors (Lipinski definition) is 3. The Morgan fingerprint density at radius 2 is 1.71 bits per heavy atom. The van der Waals surface area contributed by atoms with E-state index in [1.54, 1.807) is 30.3 Å². The van der Waals surface area contributed by atoms with Gasteiger partial charge < -0.3 is 10.3 Å². The van der Waals surface area contributed by atoms with Gasteiger partial charge in [0.05, 0.1) is 10.6 Å². The summed E-state index contributed by atoms with van der Waals surface area (Å²) in [5.41, 5.74) is 8.05. The van der Waals surface area contributed by atoms with Crippen molar-refractivity contribution < 1.29 is 4.52 Å². The number of halogens is 3. The molecule has 2 aromatic carbocycles. The molecule has 106 valence electrons. The topological polar surface area (TPSA) is 52.0 Å². The molecule has 0 unspecified atom stereocenters. The Bertz CT molecular complexity index is 814. The molecule has 0 saturated heterocycles. The minimum absolute atomic E-state index is 0.276. The van der Waals surface area contributed by atoms with E-state index in [-0.39, 0.29) is 5.82 Å². The van der Waals surface area contributed by atoms with Crippen LogP contribution in [0, 0.1) is 0 Å². The second kappa shape index (κ2) is 5.60. The first-order chi connectivity index (χ1) is 10.1. The van der Waals surface area contributed by atoms with Gasteiger partial charge in [-0.05, 0) is 35.9 Å². The quantitative estimate of drug-likeness (QED) is 0.666. The fourth-order valence-corrected chi connectivity index (χ4v) is 2.77. The largest absolute Gasteiger partial charge is 0.380 e. The summed E-state index contributed by atoms with van der Waals surface area (Å²) >= 11 is 18.2. The highest BCUT2D eigenvalue weighted by molar-refractivity contribution is 6.36. The van der Waals surface area contributed by atoms with Crippen LogP contribution in [-0.2, 0) is 0 Å². The van der Waals surface area contributed by atoms with Gasteiger partial charge in [0.15, 0.2) is 11.6 Å². The summed E-state index contributed by atoms with van der Waals surface area (Å²) in [4.78, 5) is 0. The number of rotatable bonds is 2. The van der Waals surface area contributed by atoms with Gasteiger partial charge in [-0.2, -0.15) is 0 Å². The van der Waals surface area contributed by atoms with Gasteiger partial charge >= 0.3 is 0 Å². The lowest BCUT2D eigenvalue weighted by Crippen LogP contribution is -1.89. The van der Waals surface area contributed by atoms with Crippen LogP contribution in [0.25, 0.3) is 22.5 Å². The molecule has 0 atom stereocenters. The van der Waals surface area contributed by atoms with Crippen LogP contribution in [0.4, 0.5) is 5.82 Å². The SMILES string of the molecule is Nc1noc(-c2ccc(Cl)cc2Cl)c1-c1cccc(Cl)c1. The Hall–Kier alpha value is -1.68. The summed E-state index contributed by atoms with van der Waals surface area (Å²) in [6, 6.07) is 12.4. The molecule has 0 fully saturated rings. The maximum Gasteiger partial charge on any atom is 0.178 e. The second-order valence-corrected chi connectivity index (χ2v) is 5.69. The van der Waals surface area contributed by atoms with Crippen molar-refractivity contribution in [2.45, 2.75) is 0 Å². The molecule has 0 bridgehead atoms. The highest BCUT2D eigenvalue weighted by Crippen LogP contribution is 2.40. The number of nitrogens with zero attached hydrogens (tertiary/aromatic N) is 1. The Balaban J connectivity index is 2.22. The fourth-order valence-electron chi connectivity index (χ4n) is 2.08. The van der Waals surface area contributed by atoms with Crippen LogP contribution in [0.1, 0.15) is 0 Å². The molecule has 3 nitrogen and oxygen atoms in total. The molecule has 0 aliphatic carbocycles. The van der Waals surface area contributed by atoms with Gasteiger partial charge in [-0.3, -0.25) is 0 Å². The van der Waals surface area contributed by atoms with Crippen LogP contribution in [0.15, 0.2) is 47.0 Å². The van der Waals surface area contributed by atoms with Crippen molar-refractivity contribution in [1.29, 1.82) is 0 Å². The van der Waals surface area contributed by atoms with Crippen molar-refractivity contribution in [3.8, 4) is 22.5 Å². The van der Waals surface area contributed by atoms with Gasteiger partial charge in [-0.15, -0.1) is 0 Å². The molecule has 0 aliphatic rings. The summed E-state index contributed by atoms with van der Waals surface area (Å²) in [5.74, 6) is 0.759. The third-order valence-corrected chi connectivity index (χ3v) is 3.79. The molecule has 0 aliphatic heterocycles. The normalized spacial score (nSPS) is 10.8. The van der Waals surface area contributed by atoms with Gasteiger partial charge in [0.1, 0.15) is 0 Å². The highest BCUT2D eigenvalue weighted by atomic mass is 35.5. The number of nitrogen functional groups attached to an aromatic ring is 1. The maximum atomic E-state index is 6.22. The van der Waals surface area contributed by atoms with Crippen molar-refractivity contribution in [3.63, 3.8) is 0 Å². The zero-order valence-electron chi connectivity index (χ0n) is 10.6. The first-order valence-corrected chi connectivity index (χ1v) is 7.16. The number of aromatic nitrogens is 1. The van der Waals surface area contributed by atoms with E-state index in [0.29, 0.717) is 32.0 Å². The summed E-state index contributed by atoms with van der Waals surface area (Å²) in [7, 11) is 0. The molecule has 0 amide bonds. The van der Waals surface area contributed by atoms with Crippen LogP contribution >= 0.6 is 34.8 Å². The molecule has 0 radical (unpaired) electrons. The molecule has 1 heterocycles. The number of nitrogens with two attached hydrogens (primary N) is 1. The third kappa shape index (κ3) is 2.72. The molecule has 1 aromatic heterocycles. The average Bonchev–Trinajstić information content (AvgIpc) is 2.80. The summed E-state index contributed by atoms with van der Waals surface area (Å²) in [5, 5.41) is 5.43. The first kappa shape index (κ1) is 14.3. The average molecular weight is 340 g/mol. The minimum Gasteiger partial charge on any atom is -0.380 e. The standard InChI is InChI=1S/C15H9Cl3N2O/c16-9-3-1-2-8(6-9)13-14(21-20-15(13)19)11-5-4-10(17)7-12(11)18/h1-7H,(H2,19,20). The number of hydrogen-bond donors (Lipinski definition) is 1. The zero-order chi connectivity index (χ0) is 15.0. The maximum absolute atomic E-state index is 6.22. The van der Waals surface area contributed by atoms with Gasteiger partial charge in [-0.25, -0.2) is 0 Å².